The van der Waals surface area contributed by atoms with Crippen LogP contribution >= 0.6 is 11.6 Å². The summed E-state index contributed by atoms with van der Waals surface area (Å²) in [7, 11) is -2.26. The van der Waals surface area contributed by atoms with Gasteiger partial charge in [-0.25, -0.2) is 8.42 Å². The Bertz CT molecular complexity index is 1150. The Kier molecular flexibility index (Phi) is 7.04. The van der Waals surface area contributed by atoms with E-state index in [9.17, 15) is 13.2 Å². The van der Waals surface area contributed by atoms with Gasteiger partial charge in [0.25, 0.3) is 15.9 Å². The summed E-state index contributed by atoms with van der Waals surface area (Å²) in [4.78, 5) is 12.5. The number of carbonyl (C=O) groups excluding carboxylic acids is 1. The van der Waals surface area contributed by atoms with Gasteiger partial charge in [0.05, 0.1) is 12.0 Å². The molecule has 0 aliphatic rings. The molecule has 0 fully saturated rings. The van der Waals surface area contributed by atoms with Gasteiger partial charge in [0.2, 0.25) is 0 Å². The van der Waals surface area contributed by atoms with Crippen molar-refractivity contribution in [3.8, 4) is 11.5 Å². The average Bonchev–Trinajstić information content (AvgIpc) is 2.76. The Hall–Kier alpha value is -3.23. The molecule has 1 atom stereocenters. The number of rotatable bonds is 8. The van der Waals surface area contributed by atoms with Crippen LogP contribution in [0.1, 0.15) is 6.92 Å². The van der Waals surface area contributed by atoms with E-state index in [1.807, 2.05) is 0 Å². The van der Waals surface area contributed by atoms with E-state index in [0.717, 1.165) is 0 Å². The normalized spacial score (nSPS) is 12.0. The van der Waals surface area contributed by atoms with Crippen molar-refractivity contribution < 1.29 is 22.7 Å². The summed E-state index contributed by atoms with van der Waals surface area (Å²) in [5.41, 5.74) is 0.829. The Morgan fingerprint density at radius 3 is 2.10 bits per heavy atom. The van der Waals surface area contributed by atoms with Crippen LogP contribution in [0.4, 0.5) is 11.4 Å². The number of anilines is 2. The van der Waals surface area contributed by atoms with Gasteiger partial charge >= 0.3 is 0 Å². The molecule has 0 aromatic heterocycles. The monoisotopic (exact) mass is 460 g/mol. The van der Waals surface area contributed by atoms with E-state index in [-0.39, 0.29) is 10.8 Å². The van der Waals surface area contributed by atoms with Crippen LogP contribution in [0.2, 0.25) is 5.02 Å². The van der Waals surface area contributed by atoms with Crippen LogP contribution in [0.5, 0.6) is 11.5 Å². The number of halogens is 1. The molecule has 3 aromatic carbocycles. The third-order valence-electron chi connectivity index (χ3n) is 4.27. The lowest BCUT2D eigenvalue weighted by Gasteiger charge is -2.16. The molecular formula is C22H21ClN2O5S. The lowest BCUT2D eigenvalue weighted by molar-refractivity contribution is -0.122. The number of hydrogen-bond acceptors (Lipinski definition) is 5. The van der Waals surface area contributed by atoms with Crippen LogP contribution in [0.3, 0.4) is 0 Å². The maximum Gasteiger partial charge on any atom is 0.265 e. The number of hydrogen-bond donors (Lipinski definition) is 2. The average molecular weight is 461 g/mol. The molecule has 0 radical (unpaired) electrons. The first-order valence-corrected chi connectivity index (χ1v) is 11.1. The van der Waals surface area contributed by atoms with Crippen molar-refractivity contribution in [3.05, 3.63) is 77.8 Å². The molecule has 31 heavy (non-hydrogen) atoms. The first-order chi connectivity index (χ1) is 14.8. The number of carbonyl (C=O) groups is 1. The molecule has 0 aliphatic heterocycles. The molecular weight excluding hydrogens is 440 g/mol. The number of para-hydroxylation sites is 2. The Labute approximate surface area is 186 Å². The van der Waals surface area contributed by atoms with Crippen molar-refractivity contribution in [1.29, 1.82) is 0 Å². The minimum atomic E-state index is -3.78. The molecule has 2 N–H and O–H groups in total. The van der Waals surface area contributed by atoms with Crippen molar-refractivity contribution in [2.45, 2.75) is 17.9 Å². The molecule has 0 heterocycles. The summed E-state index contributed by atoms with van der Waals surface area (Å²) in [6.07, 6.45) is -0.800. The van der Waals surface area contributed by atoms with Crippen molar-refractivity contribution in [2.24, 2.45) is 0 Å². The second kappa shape index (κ2) is 9.72. The molecule has 0 saturated heterocycles. The molecule has 162 valence electrons. The summed E-state index contributed by atoms with van der Waals surface area (Å²) in [5.74, 6) is 0.577. The first-order valence-electron chi connectivity index (χ1n) is 9.27. The predicted octanol–water partition coefficient (Wildman–Crippen LogP) is 4.56. The Balaban J connectivity index is 1.64. The quantitative estimate of drug-likeness (QED) is 0.514. The van der Waals surface area contributed by atoms with E-state index in [0.29, 0.717) is 27.9 Å². The molecule has 0 aliphatic carbocycles. The van der Waals surface area contributed by atoms with Gasteiger partial charge in [-0.2, -0.15) is 0 Å². The van der Waals surface area contributed by atoms with E-state index in [1.165, 1.54) is 31.4 Å². The van der Waals surface area contributed by atoms with Crippen LogP contribution in [0.15, 0.2) is 77.7 Å². The SMILES string of the molecule is COc1ccccc1O[C@H](C)C(=O)Nc1ccc(S(=O)(=O)Nc2ccc(Cl)cc2)cc1. The molecule has 0 saturated carbocycles. The standard InChI is InChI=1S/C22H21ClN2O5S/c1-15(30-21-6-4-3-5-20(21)29-2)22(26)24-17-11-13-19(14-12-17)31(27,28)25-18-9-7-16(23)8-10-18/h3-15,25H,1-2H3,(H,24,26)/t15-/m1/s1. The van der Waals surface area contributed by atoms with E-state index >= 15 is 0 Å². The number of methoxy groups -OCH3 is 1. The summed E-state index contributed by atoms with van der Waals surface area (Å²) in [6.45, 7) is 1.61. The second-order valence-corrected chi connectivity index (χ2v) is 8.66. The van der Waals surface area contributed by atoms with Gasteiger partial charge in [0.15, 0.2) is 17.6 Å². The Morgan fingerprint density at radius 2 is 1.48 bits per heavy atom. The first kappa shape index (κ1) is 22.5. The molecule has 9 heteroatoms. The molecule has 1 amide bonds. The maximum absolute atomic E-state index is 12.5. The highest BCUT2D eigenvalue weighted by Crippen LogP contribution is 2.27. The molecule has 7 nitrogen and oxygen atoms in total. The third kappa shape index (κ3) is 5.90. The number of nitrogens with one attached hydrogen (secondary N) is 2. The summed E-state index contributed by atoms with van der Waals surface area (Å²) in [6, 6.07) is 19.1. The third-order valence-corrected chi connectivity index (χ3v) is 5.92. The summed E-state index contributed by atoms with van der Waals surface area (Å²) in [5, 5.41) is 3.21. The van der Waals surface area contributed by atoms with Crippen molar-refractivity contribution in [3.63, 3.8) is 0 Å². The fourth-order valence-corrected chi connectivity index (χ4v) is 3.84. The molecule has 0 spiro atoms. The zero-order valence-electron chi connectivity index (χ0n) is 16.8. The zero-order valence-corrected chi connectivity index (χ0v) is 18.4. The van der Waals surface area contributed by atoms with Gasteiger partial charge in [0, 0.05) is 16.4 Å². The summed E-state index contributed by atoms with van der Waals surface area (Å²) >= 11 is 5.81. The fraction of sp³-hybridized carbons (Fsp3) is 0.136. The van der Waals surface area contributed by atoms with E-state index in [2.05, 4.69) is 10.0 Å². The van der Waals surface area contributed by atoms with E-state index in [1.54, 1.807) is 55.5 Å². The van der Waals surface area contributed by atoms with Crippen molar-refractivity contribution >= 4 is 38.9 Å². The maximum atomic E-state index is 12.5. The van der Waals surface area contributed by atoms with Gasteiger partial charge < -0.3 is 14.8 Å². The smallest absolute Gasteiger partial charge is 0.265 e. The van der Waals surface area contributed by atoms with Gasteiger partial charge in [-0.3, -0.25) is 9.52 Å². The number of amides is 1. The van der Waals surface area contributed by atoms with Gasteiger partial charge in [0.1, 0.15) is 0 Å². The van der Waals surface area contributed by atoms with E-state index in [4.69, 9.17) is 21.1 Å². The molecule has 0 unspecified atom stereocenters. The van der Waals surface area contributed by atoms with Crippen LogP contribution in [-0.2, 0) is 14.8 Å². The molecule has 0 bridgehead atoms. The van der Waals surface area contributed by atoms with Crippen molar-refractivity contribution in [2.75, 3.05) is 17.1 Å². The zero-order chi connectivity index (χ0) is 22.4. The highest BCUT2D eigenvalue weighted by atomic mass is 35.5. The van der Waals surface area contributed by atoms with Gasteiger partial charge in [-0.15, -0.1) is 0 Å². The van der Waals surface area contributed by atoms with Gasteiger partial charge in [-0.1, -0.05) is 23.7 Å². The highest BCUT2D eigenvalue weighted by molar-refractivity contribution is 7.92. The molecule has 3 rings (SSSR count). The lowest BCUT2D eigenvalue weighted by atomic mass is 10.3. The van der Waals surface area contributed by atoms with Crippen LogP contribution < -0.4 is 19.5 Å². The highest BCUT2D eigenvalue weighted by Gasteiger charge is 2.18. The largest absolute Gasteiger partial charge is 0.493 e. The van der Waals surface area contributed by atoms with Crippen LogP contribution in [0.25, 0.3) is 0 Å². The van der Waals surface area contributed by atoms with Crippen LogP contribution in [0, 0.1) is 0 Å². The topological polar surface area (TPSA) is 93.7 Å². The summed E-state index contributed by atoms with van der Waals surface area (Å²) < 4.78 is 38.4. The fourth-order valence-electron chi connectivity index (χ4n) is 2.65. The number of benzene rings is 3. The minimum absolute atomic E-state index is 0.0544. The predicted molar refractivity (Wildman–Crippen MR) is 120 cm³/mol. The Morgan fingerprint density at radius 1 is 0.903 bits per heavy atom. The number of sulfonamides is 1. The van der Waals surface area contributed by atoms with Gasteiger partial charge in [-0.05, 0) is 67.6 Å². The number of ether oxygens (including phenoxy) is 2. The van der Waals surface area contributed by atoms with E-state index < -0.39 is 16.1 Å². The minimum Gasteiger partial charge on any atom is -0.493 e. The lowest BCUT2D eigenvalue weighted by Crippen LogP contribution is -2.30. The second-order valence-electron chi connectivity index (χ2n) is 6.54. The van der Waals surface area contributed by atoms with Crippen LogP contribution in [-0.4, -0.2) is 27.5 Å². The molecule has 3 aromatic rings. The van der Waals surface area contributed by atoms with Crippen molar-refractivity contribution in [1.82, 2.24) is 0 Å².